The van der Waals surface area contributed by atoms with Gasteiger partial charge < -0.3 is 10.4 Å². The van der Waals surface area contributed by atoms with Gasteiger partial charge in [-0.2, -0.15) is 0 Å². The van der Waals surface area contributed by atoms with Crippen LogP contribution >= 0.6 is 0 Å². The summed E-state index contributed by atoms with van der Waals surface area (Å²) >= 11 is 0. The molecule has 0 aromatic rings. The summed E-state index contributed by atoms with van der Waals surface area (Å²) in [7, 11) is 0. The molecule has 0 heterocycles. The topological polar surface area (TPSA) is 66.4 Å². The third-order valence-corrected chi connectivity index (χ3v) is 2.41. The van der Waals surface area contributed by atoms with Crippen molar-refractivity contribution in [2.45, 2.75) is 38.6 Å². The molecular weight excluding hydrogens is 170 g/mol. The molecule has 0 aliphatic heterocycles. The van der Waals surface area contributed by atoms with Gasteiger partial charge in [-0.3, -0.25) is 9.59 Å². The number of carbonyl (C=O) groups excluding carboxylic acids is 1. The number of carboxylic acids is 1. The van der Waals surface area contributed by atoms with Crippen LogP contribution in [-0.4, -0.2) is 23.0 Å². The first-order valence-electron chi connectivity index (χ1n) is 4.57. The molecule has 1 saturated carbocycles. The molecule has 13 heavy (non-hydrogen) atoms. The van der Waals surface area contributed by atoms with Crippen LogP contribution in [0.2, 0.25) is 0 Å². The van der Waals surface area contributed by atoms with Gasteiger partial charge in [0, 0.05) is 19.4 Å². The normalized spacial score (nSPS) is 27.2. The van der Waals surface area contributed by atoms with Gasteiger partial charge in [-0.25, -0.2) is 0 Å². The van der Waals surface area contributed by atoms with Crippen LogP contribution in [0.5, 0.6) is 0 Å². The van der Waals surface area contributed by atoms with Crippen LogP contribution in [0.3, 0.4) is 0 Å². The minimum Gasteiger partial charge on any atom is -0.481 e. The van der Waals surface area contributed by atoms with E-state index in [2.05, 4.69) is 5.32 Å². The smallest absolute Gasteiger partial charge is 0.303 e. The molecule has 2 N–H and O–H groups in total. The molecule has 0 radical (unpaired) electrons. The molecule has 0 aromatic carbocycles. The Morgan fingerprint density at radius 2 is 2.15 bits per heavy atom. The van der Waals surface area contributed by atoms with E-state index in [0.717, 1.165) is 19.3 Å². The van der Waals surface area contributed by atoms with Gasteiger partial charge in [-0.05, 0) is 25.2 Å². The van der Waals surface area contributed by atoms with Gasteiger partial charge >= 0.3 is 5.97 Å². The van der Waals surface area contributed by atoms with Crippen molar-refractivity contribution in [1.82, 2.24) is 5.32 Å². The van der Waals surface area contributed by atoms with Crippen molar-refractivity contribution in [3.05, 3.63) is 0 Å². The van der Waals surface area contributed by atoms with Crippen molar-refractivity contribution in [1.29, 1.82) is 0 Å². The number of nitrogens with one attached hydrogen (secondary N) is 1. The van der Waals surface area contributed by atoms with Crippen LogP contribution in [-0.2, 0) is 9.59 Å². The SMILES string of the molecule is CC(=O)N[C@@H]1CC[C@H](CC(=O)O)C1. The molecule has 0 saturated heterocycles. The predicted octanol–water partition coefficient (Wildman–Crippen LogP) is 0.766. The molecule has 0 aromatic heterocycles. The first-order chi connectivity index (χ1) is 6.08. The van der Waals surface area contributed by atoms with Gasteiger partial charge in [0.1, 0.15) is 0 Å². The lowest BCUT2D eigenvalue weighted by Gasteiger charge is -2.10. The van der Waals surface area contributed by atoms with Crippen molar-refractivity contribution in [2.24, 2.45) is 5.92 Å². The Morgan fingerprint density at radius 1 is 1.46 bits per heavy atom. The average molecular weight is 185 g/mol. The summed E-state index contributed by atoms with van der Waals surface area (Å²) in [6.45, 7) is 1.49. The molecule has 4 nitrogen and oxygen atoms in total. The van der Waals surface area contributed by atoms with Crippen molar-refractivity contribution in [3.8, 4) is 0 Å². The summed E-state index contributed by atoms with van der Waals surface area (Å²) in [4.78, 5) is 21.1. The third kappa shape index (κ3) is 3.44. The van der Waals surface area contributed by atoms with Crippen LogP contribution in [0.15, 0.2) is 0 Å². The molecule has 1 fully saturated rings. The minimum atomic E-state index is -0.742. The van der Waals surface area contributed by atoms with E-state index in [1.54, 1.807) is 0 Å². The van der Waals surface area contributed by atoms with Crippen LogP contribution in [0.4, 0.5) is 0 Å². The van der Waals surface area contributed by atoms with Crippen molar-refractivity contribution in [2.75, 3.05) is 0 Å². The van der Waals surface area contributed by atoms with E-state index in [9.17, 15) is 9.59 Å². The standard InChI is InChI=1S/C9H15NO3/c1-6(11)10-8-3-2-7(4-8)5-9(12)13/h7-8H,2-5H2,1H3,(H,10,11)(H,12,13)/t7-,8+/m0/s1. The molecule has 0 unspecified atom stereocenters. The Bertz CT molecular complexity index is 193. The second-order valence-electron chi connectivity index (χ2n) is 3.67. The number of hydrogen-bond acceptors (Lipinski definition) is 2. The zero-order valence-electron chi connectivity index (χ0n) is 7.75. The minimum absolute atomic E-state index is 0.0269. The molecule has 1 aliphatic rings. The lowest BCUT2D eigenvalue weighted by molar-refractivity contribution is -0.138. The van der Waals surface area contributed by atoms with Crippen LogP contribution < -0.4 is 5.32 Å². The highest BCUT2D eigenvalue weighted by Gasteiger charge is 2.26. The highest BCUT2D eigenvalue weighted by atomic mass is 16.4. The molecule has 4 heteroatoms. The Morgan fingerprint density at radius 3 is 2.69 bits per heavy atom. The maximum atomic E-state index is 10.7. The predicted molar refractivity (Wildman–Crippen MR) is 47.2 cm³/mol. The van der Waals surface area contributed by atoms with Gasteiger partial charge in [0.25, 0.3) is 0 Å². The lowest BCUT2D eigenvalue weighted by Crippen LogP contribution is -2.30. The monoisotopic (exact) mass is 185 g/mol. The van der Waals surface area contributed by atoms with E-state index >= 15 is 0 Å². The van der Waals surface area contributed by atoms with E-state index in [4.69, 9.17) is 5.11 Å². The quantitative estimate of drug-likeness (QED) is 0.682. The molecule has 0 spiro atoms. The van der Waals surface area contributed by atoms with E-state index in [1.807, 2.05) is 0 Å². The van der Waals surface area contributed by atoms with Crippen LogP contribution in [0, 0.1) is 5.92 Å². The molecule has 1 amide bonds. The molecular formula is C9H15NO3. The fraction of sp³-hybridized carbons (Fsp3) is 0.778. The van der Waals surface area contributed by atoms with Gasteiger partial charge in [0.2, 0.25) is 5.91 Å². The van der Waals surface area contributed by atoms with E-state index in [0.29, 0.717) is 0 Å². The summed E-state index contributed by atoms with van der Waals surface area (Å²) in [6, 6.07) is 0.196. The van der Waals surface area contributed by atoms with E-state index in [1.165, 1.54) is 6.92 Å². The second-order valence-corrected chi connectivity index (χ2v) is 3.67. The van der Waals surface area contributed by atoms with Crippen LogP contribution in [0.1, 0.15) is 32.6 Å². The number of carbonyl (C=O) groups is 2. The zero-order valence-corrected chi connectivity index (χ0v) is 7.75. The molecule has 0 bridgehead atoms. The van der Waals surface area contributed by atoms with Gasteiger partial charge in [-0.15, -0.1) is 0 Å². The van der Waals surface area contributed by atoms with Gasteiger partial charge in [0.05, 0.1) is 0 Å². The fourth-order valence-corrected chi connectivity index (χ4v) is 1.93. The average Bonchev–Trinajstić information content (AvgIpc) is 2.33. The Kier molecular flexibility index (Phi) is 3.28. The van der Waals surface area contributed by atoms with E-state index < -0.39 is 5.97 Å². The van der Waals surface area contributed by atoms with Gasteiger partial charge in [0.15, 0.2) is 0 Å². The van der Waals surface area contributed by atoms with Crippen molar-refractivity contribution < 1.29 is 14.7 Å². The van der Waals surface area contributed by atoms with Gasteiger partial charge in [-0.1, -0.05) is 0 Å². The van der Waals surface area contributed by atoms with Crippen LogP contribution in [0.25, 0.3) is 0 Å². The Hall–Kier alpha value is -1.06. The molecule has 2 atom stereocenters. The van der Waals surface area contributed by atoms with Crippen molar-refractivity contribution in [3.63, 3.8) is 0 Å². The molecule has 1 aliphatic carbocycles. The number of aliphatic carboxylic acids is 1. The van der Waals surface area contributed by atoms with Crippen molar-refractivity contribution >= 4 is 11.9 Å². The summed E-state index contributed by atoms with van der Waals surface area (Å²) in [5.41, 5.74) is 0. The third-order valence-electron chi connectivity index (χ3n) is 2.41. The summed E-state index contributed by atoms with van der Waals surface area (Å²) in [6.07, 6.45) is 2.87. The first kappa shape index (κ1) is 10.0. The maximum absolute atomic E-state index is 10.7. The highest BCUT2D eigenvalue weighted by molar-refractivity contribution is 5.73. The molecule has 74 valence electrons. The first-order valence-corrected chi connectivity index (χ1v) is 4.57. The molecule has 1 rings (SSSR count). The number of rotatable bonds is 3. The Balaban J connectivity index is 2.27. The maximum Gasteiger partial charge on any atom is 0.303 e. The summed E-state index contributed by atoms with van der Waals surface area (Å²) < 4.78 is 0. The highest BCUT2D eigenvalue weighted by Crippen LogP contribution is 2.27. The number of carboxylic acid groups (broad SMARTS) is 1. The largest absolute Gasteiger partial charge is 0.481 e. The fourth-order valence-electron chi connectivity index (χ4n) is 1.93. The zero-order chi connectivity index (χ0) is 9.84. The lowest BCUT2D eigenvalue weighted by atomic mass is 10.0. The summed E-state index contributed by atoms with van der Waals surface area (Å²) in [5, 5.41) is 11.4. The Labute approximate surface area is 77.3 Å². The second kappa shape index (κ2) is 4.25. The number of hydrogen-bond donors (Lipinski definition) is 2. The van der Waals surface area contributed by atoms with E-state index in [-0.39, 0.29) is 24.3 Å². The summed E-state index contributed by atoms with van der Waals surface area (Å²) in [5.74, 6) is -0.524. The number of amides is 1.